The number of esters is 1. The van der Waals surface area contributed by atoms with Gasteiger partial charge in [-0.3, -0.25) is 9.59 Å². The normalized spacial score (nSPS) is 12.3. The van der Waals surface area contributed by atoms with Crippen molar-refractivity contribution in [2.45, 2.75) is 58.3 Å². The zero-order chi connectivity index (χ0) is 30.1. The van der Waals surface area contributed by atoms with E-state index < -0.39 is 11.9 Å². The predicted molar refractivity (Wildman–Crippen MR) is 166 cm³/mol. The molecule has 0 aliphatic carbocycles. The number of carbonyl (C=O) groups excluding carboxylic acids is 3. The summed E-state index contributed by atoms with van der Waals surface area (Å²) in [5, 5.41) is 5.41. The largest absolute Gasteiger partial charge is 0.466 e. The van der Waals surface area contributed by atoms with Gasteiger partial charge in [0.2, 0.25) is 11.8 Å². The fraction of sp³-hybridized carbons (Fsp3) is 0.485. The van der Waals surface area contributed by atoms with Crippen LogP contribution in [-0.2, 0) is 28.6 Å². The van der Waals surface area contributed by atoms with Crippen molar-refractivity contribution in [2.75, 3.05) is 46.6 Å². The van der Waals surface area contributed by atoms with Gasteiger partial charge in [0.15, 0.2) is 0 Å². The highest BCUT2D eigenvalue weighted by molar-refractivity contribution is 5.94. The summed E-state index contributed by atoms with van der Waals surface area (Å²) in [5.41, 5.74) is 0. The molecular weight excluding hydrogens is 520 g/mol. The highest BCUT2D eigenvalue weighted by Crippen LogP contribution is 1.98. The molecule has 0 saturated carbocycles. The topological polar surface area (TPSA) is 103 Å². The third kappa shape index (κ3) is 30.9. The van der Waals surface area contributed by atoms with E-state index in [1.165, 1.54) is 7.11 Å². The van der Waals surface area contributed by atoms with Gasteiger partial charge in [-0.2, -0.15) is 0 Å². The third-order valence-corrected chi connectivity index (χ3v) is 5.19. The fourth-order valence-electron chi connectivity index (χ4n) is 3.04. The predicted octanol–water partition coefficient (Wildman–Crippen LogP) is 5.46. The van der Waals surface area contributed by atoms with Crippen LogP contribution in [0.5, 0.6) is 0 Å². The number of hydrogen-bond acceptors (Lipinski definition) is 6. The van der Waals surface area contributed by atoms with E-state index in [1.807, 2.05) is 6.08 Å². The average molecular weight is 571 g/mol. The monoisotopic (exact) mass is 570 g/mol. The van der Waals surface area contributed by atoms with Crippen molar-refractivity contribution in [3.63, 3.8) is 0 Å². The molecule has 2 N–H and O–H groups in total. The number of nitrogens with one attached hydrogen (secondary N) is 2. The molecule has 0 saturated heterocycles. The summed E-state index contributed by atoms with van der Waals surface area (Å²) in [6.45, 7) is 4.42. The van der Waals surface area contributed by atoms with Crippen LogP contribution in [0.4, 0.5) is 0 Å². The first kappa shape index (κ1) is 37.5. The Morgan fingerprint density at radius 1 is 0.585 bits per heavy atom. The van der Waals surface area contributed by atoms with Gasteiger partial charge < -0.3 is 24.8 Å². The van der Waals surface area contributed by atoms with Crippen molar-refractivity contribution in [1.29, 1.82) is 0 Å². The SMILES string of the molecule is CCC=CCC=CCC=CCC=CCC=CCC=CCCC(=O)NCCOCCOCCNC(=O)C=CC(=O)OC. The van der Waals surface area contributed by atoms with E-state index >= 15 is 0 Å². The van der Waals surface area contributed by atoms with Crippen molar-refractivity contribution in [3.8, 4) is 0 Å². The van der Waals surface area contributed by atoms with Crippen molar-refractivity contribution in [3.05, 3.63) is 85.1 Å². The zero-order valence-electron chi connectivity index (χ0n) is 24.9. The van der Waals surface area contributed by atoms with E-state index in [0.29, 0.717) is 52.4 Å². The number of rotatable bonds is 25. The van der Waals surface area contributed by atoms with Crippen LogP contribution < -0.4 is 10.6 Å². The average Bonchev–Trinajstić information content (AvgIpc) is 2.97. The van der Waals surface area contributed by atoms with Gasteiger partial charge in [-0.1, -0.05) is 79.8 Å². The molecule has 0 unspecified atom stereocenters. The Morgan fingerprint density at radius 2 is 1.05 bits per heavy atom. The molecule has 0 radical (unpaired) electrons. The summed E-state index contributed by atoms with van der Waals surface area (Å²) in [5.74, 6) is -0.984. The molecule has 0 aromatic carbocycles. The minimum atomic E-state index is -0.588. The second-order valence-electron chi connectivity index (χ2n) is 8.68. The Kier molecular flexibility index (Phi) is 28.4. The number of hydrogen-bond donors (Lipinski definition) is 2. The van der Waals surface area contributed by atoms with Crippen LogP contribution in [0.2, 0.25) is 0 Å². The smallest absolute Gasteiger partial charge is 0.330 e. The Balaban J connectivity index is 3.53. The van der Waals surface area contributed by atoms with Gasteiger partial charge in [0.25, 0.3) is 0 Å². The van der Waals surface area contributed by atoms with Gasteiger partial charge in [0, 0.05) is 31.7 Å². The van der Waals surface area contributed by atoms with Crippen molar-refractivity contribution in [2.24, 2.45) is 0 Å². The number of ether oxygens (including phenoxy) is 3. The van der Waals surface area contributed by atoms with Crippen LogP contribution in [0.15, 0.2) is 85.1 Å². The molecular formula is C33H50N2O6. The van der Waals surface area contributed by atoms with Crippen LogP contribution in [0.3, 0.4) is 0 Å². The molecule has 0 fully saturated rings. The Hall–Kier alpha value is -3.49. The zero-order valence-corrected chi connectivity index (χ0v) is 24.9. The second kappa shape index (κ2) is 31.0. The standard InChI is InChI=1S/C33H50N2O6/c1-3-4-5-6-7-8-9-10-11-12-13-14-15-16-17-18-19-20-21-22-31(36)34-25-27-40-29-30-41-28-26-35-32(37)23-24-33(38)39-2/h4-5,7-8,10-11,13-14,16-17,19-20,23-24H,3,6,9,12,15,18,21-22,25-30H2,1-2H3,(H,34,36)(H,35,37). The van der Waals surface area contributed by atoms with E-state index in [2.05, 4.69) is 89.1 Å². The molecule has 0 bridgehead atoms. The lowest BCUT2D eigenvalue weighted by atomic mass is 10.2. The Morgan fingerprint density at radius 3 is 1.54 bits per heavy atom. The number of methoxy groups -OCH3 is 1. The molecule has 8 nitrogen and oxygen atoms in total. The quantitative estimate of drug-likeness (QED) is 0.0654. The first-order chi connectivity index (χ1) is 20.1. The molecule has 41 heavy (non-hydrogen) atoms. The fourth-order valence-corrected chi connectivity index (χ4v) is 3.04. The Labute approximate surface area is 247 Å². The first-order valence-corrected chi connectivity index (χ1v) is 14.5. The molecule has 0 aromatic heterocycles. The molecule has 8 heteroatoms. The third-order valence-electron chi connectivity index (χ3n) is 5.19. The van der Waals surface area contributed by atoms with E-state index in [0.717, 1.165) is 50.7 Å². The lowest BCUT2D eigenvalue weighted by molar-refractivity contribution is -0.135. The van der Waals surface area contributed by atoms with Crippen LogP contribution in [0.1, 0.15) is 58.3 Å². The molecule has 0 rings (SSSR count). The van der Waals surface area contributed by atoms with E-state index in [9.17, 15) is 14.4 Å². The van der Waals surface area contributed by atoms with Gasteiger partial charge in [0.1, 0.15) is 0 Å². The number of amides is 2. The summed E-state index contributed by atoms with van der Waals surface area (Å²) in [7, 11) is 1.24. The van der Waals surface area contributed by atoms with Crippen molar-refractivity contribution in [1.82, 2.24) is 10.6 Å². The maximum Gasteiger partial charge on any atom is 0.330 e. The molecule has 2 amide bonds. The minimum Gasteiger partial charge on any atom is -0.466 e. The maximum absolute atomic E-state index is 11.9. The van der Waals surface area contributed by atoms with Gasteiger partial charge in [-0.05, 0) is 44.9 Å². The second-order valence-corrected chi connectivity index (χ2v) is 8.68. The minimum absolute atomic E-state index is 0.00127. The Bertz CT molecular complexity index is 884. The van der Waals surface area contributed by atoms with Gasteiger partial charge in [-0.15, -0.1) is 0 Å². The molecule has 228 valence electrons. The summed E-state index contributed by atoms with van der Waals surface area (Å²) in [6, 6.07) is 0. The lowest BCUT2D eigenvalue weighted by Crippen LogP contribution is -2.28. The van der Waals surface area contributed by atoms with Crippen LogP contribution >= 0.6 is 0 Å². The highest BCUT2D eigenvalue weighted by atomic mass is 16.5. The summed E-state index contributed by atoms with van der Waals surface area (Å²) in [4.78, 5) is 34.2. The summed E-state index contributed by atoms with van der Waals surface area (Å²) in [6.07, 6.45) is 35.1. The van der Waals surface area contributed by atoms with Crippen LogP contribution in [-0.4, -0.2) is 64.4 Å². The molecule has 0 spiro atoms. The van der Waals surface area contributed by atoms with E-state index in [1.54, 1.807) is 0 Å². The van der Waals surface area contributed by atoms with E-state index in [4.69, 9.17) is 9.47 Å². The molecule has 0 aromatic rings. The molecule has 0 aliphatic rings. The van der Waals surface area contributed by atoms with Crippen LogP contribution in [0, 0.1) is 0 Å². The van der Waals surface area contributed by atoms with Crippen LogP contribution in [0.25, 0.3) is 0 Å². The molecule has 0 atom stereocenters. The van der Waals surface area contributed by atoms with Gasteiger partial charge in [0.05, 0.1) is 33.5 Å². The number of carbonyl (C=O) groups is 3. The van der Waals surface area contributed by atoms with E-state index in [-0.39, 0.29) is 5.91 Å². The maximum atomic E-state index is 11.9. The lowest BCUT2D eigenvalue weighted by Gasteiger charge is -2.07. The number of allylic oxidation sites excluding steroid dienone is 12. The van der Waals surface area contributed by atoms with Crippen molar-refractivity contribution < 1.29 is 28.6 Å². The molecule has 0 heterocycles. The summed E-state index contributed by atoms with van der Waals surface area (Å²) >= 11 is 0. The van der Waals surface area contributed by atoms with Gasteiger partial charge in [-0.25, -0.2) is 4.79 Å². The summed E-state index contributed by atoms with van der Waals surface area (Å²) < 4.78 is 15.1. The first-order valence-electron chi connectivity index (χ1n) is 14.5. The molecule has 0 aliphatic heterocycles. The van der Waals surface area contributed by atoms with Crippen molar-refractivity contribution >= 4 is 17.8 Å². The highest BCUT2D eigenvalue weighted by Gasteiger charge is 1.99. The van der Waals surface area contributed by atoms with Gasteiger partial charge >= 0.3 is 5.97 Å².